The molecule has 0 aliphatic carbocycles. The van der Waals surface area contributed by atoms with Crippen LogP contribution in [-0.4, -0.2) is 16.2 Å². The van der Waals surface area contributed by atoms with Crippen molar-refractivity contribution in [3.05, 3.63) is 40.9 Å². The third-order valence-corrected chi connectivity index (χ3v) is 2.91. The highest BCUT2D eigenvalue weighted by molar-refractivity contribution is 5.76. The number of hydrogen-bond donors (Lipinski definition) is 0. The molecule has 4 heteroatoms. The van der Waals surface area contributed by atoms with Crippen LogP contribution in [-0.2, 0) is 4.74 Å². The fraction of sp³-hybridized carbons (Fsp3) is 0.333. The SMILES string of the molecule is O=c1c2ccccc2ncn1C1CCCO1. The molecule has 1 saturated heterocycles. The lowest BCUT2D eigenvalue weighted by atomic mass is 10.2. The Morgan fingerprint density at radius 2 is 2.25 bits per heavy atom. The van der Waals surface area contributed by atoms with Crippen molar-refractivity contribution in [2.24, 2.45) is 0 Å². The standard InChI is InChI=1S/C12H12N2O2/c15-12-9-4-1-2-5-10(9)13-8-14(12)11-6-3-7-16-11/h1-2,4-5,8,11H,3,6-7H2. The summed E-state index contributed by atoms with van der Waals surface area (Å²) in [5.41, 5.74) is 0.722. The zero-order valence-corrected chi connectivity index (χ0v) is 8.80. The predicted molar refractivity (Wildman–Crippen MR) is 60.2 cm³/mol. The molecule has 0 radical (unpaired) electrons. The van der Waals surface area contributed by atoms with E-state index in [0.29, 0.717) is 5.39 Å². The maximum absolute atomic E-state index is 12.2. The highest BCUT2D eigenvalue weighted by atomic mass is 16.5. The predicted octanol–water partition coefficient (Wildman–Crippen LogP) is 1.71. The smallest absolute Gasteiger partial charge is 0.263 e. The first-order valence-corrected chi connectivity index (χ1v) is 5.44. The minimum absolute atomic E-state index is 0.0162. The number of nitrogens with zero attached hydrogens (tertiary/aromatic N) is 2. The molecule has 2 aromatic rings. The number of para-hydroxylation sites is 1. The number of benzene rings is 1. The molecule has 0 N–H and O–H groups in total. The highest BCUT2D eigenvalue weighted by Gasteiger charge is 2.19. The molecule has 1 aliphatic rings. The molecule has 1 aromatic heterocycles. The van der Waals surface area contributed by atoms with Crippen molar-refractivity contribution >= 4 is 10.9 Å². The molecule has 0 amide bonds. The van der Waals surface area contributed by atoms with Crippen LogP contribution in [0.4, 0.5) is 0 Å². The van der Waals surface area contributed by atoms with Gasteiger partial charge in [0.1, 0.15) is 12.6 Å². The Labute approximate surface area is 92.5 Å². The summed E-state index contributed by atoms with van der Waals surface area (Å²) < 4.78 is 7.08. The van der Waals surface area contributed by atoms with Gasteiger partial charge in [0.2, 0.25) is 0 Å². The lowest BCUT2D eigenvalue weighted by Gasteiger charge is -2.12. The van der Waals surface area contributed by atoms with Crippen molar-refractivity contribution in [3.8, 4) is 0 Å². The Morgan fingerprint density at radius 1 is 1.38 bits per heavy atom. The van der Waals surface area contributed by atoms with Crippen molar-refractivity contribution in [1.82, 2.24) is 9.55 Å². The van der Waals surface area contributed by atoms with Gasteiger partial charge in [0, 0.05) is 6.61 Å². The van der Waals surface area contributed by atoms with E-state index in [1.54, 1.807) is 17.0 Å². The van der Waals surface area contributed by atoms with Gasteiger partial charge >= 0.3 is 0 Å². The molecule has 0 saturated carbocycles. The van der Waals surface area contributed by atoms with Gasteiger partial charge in [0.25, 0.3) is 5.56 Å². The molecule has 3 rings (SSSR count). The van der Waals surface area contributed by atoms with Gasteiger partial charge in [-0.2, -0.15) is 0 Å². The number of rotatable bonds is 1. The van der Waals surface area contributed by atoms with Crippen LogP contribution in [0.5, 0.6) is 0 Å². The van der Waals surface area contributed by atoms with Crippen LogP contribution < -0.4 is 5.56 Å². The quantitative estimate of drug-likeness (QED) is 0.728. The van der Waals surface area contributed by atoms with Gasteiger partial charge in [0.05, 0.1) is 10.9 Å². The monoisotopic (exact) mass is 216 g/mol. The molecular formula is C12H12N2O2. The van der Waals surface area contributed by atoms with Crippen molar-refractivity contribution < 1.29 is 4.74 Å². The summed E-state index contributed by atoms with van der Waals surface area (Å²) >= 11 is 0. The van der Waals surface area contributed by atoms with Crippen LogP contribution in [0.25, 0.3) is 10.9 Å². The molecule has 82 valence electrons. The molecule has 1 aromatic carbocycles. The molecule has 1 atom stereocenters. The number of ether oxygens (including phenoxy) is 1. The Bertz CT molecular complexity index is 570. The average Bonchev–Trinajstić information content (AvgIpc) is 2.83. The Hall–Kier alpha value is -1.68. The van der Waals surface area contributed by atoms with Crippen molar-refractivity contribution in [2.45, 2.75) is 19.1 Å². The van der Waals surface area contributed by atoms with E-state index in [1.807, 2.05) is 18.2 Å². The second-order valence-corrected chi connectivity index (χ2v) is 3.94. The molecular weight excluding hydrogens is 204 g/mol. The summed E-state index contributed by atoms with van der Waals surface area (Å²) in [6, 6.07) is 7.38. The minimum atomic E-state index is -0.135. The van der Waals surface area contributed by atoms with Crippen LogP contribution >= 0.6 is 0 Å². The Kier molecular flexibility index (Phi) is 2.22. The van der Waals surface area contributed by atoms with E-state index in [0.717, 1.165) is 25.0 Å². The molecule has 0 bridgehead atoms. The van der Waals surface area contributed by atoms with Crippen molar-refractivity contribution in [3.63, 3.8) is 0 Å². The van der Waals surface area contributed by atoms with Gasteiger partial charge in [-0.15, -0.1) is 0 Å². The van der Waals surface area contributed by atoms with E-state index in [1.165, 1.54) is 0 Å². The number of fused-ring (bicyclic) bond motifs is 1. The zero-order chi connectivity index (χ0) is 11.0. The summed E-state index contributed by atoms with van der Waals surface area (Å²) in [6.45, 7) is 0.726. The number of hydrogen-bond acceptors (Lipinski definition) is 3. The normalized spacial score (nSPS) is 20.4. The largest absolute Gasteiger partial charge is 0.358 e. The summed E-state index contributed by atoms with van der Waals surface area (Å²) in [7, 11) is 0. The topological polar surface area (TPSA) is 44.1 Å². The molecule has 0 spiro atoms. The average molecular weight is 216 g/mol. The van der Waals surface area contributed by atoms with Crippen molar-refractivity contribution in [1.29, 1.82) is 0 Å². The van der Waals surface area contributed by atoms with Gasteiger partial charge in [-0.1, -0.05) is 12.1 Å². The van der Waals surface area contributed by atoms with E-state index in [4.69, 9.17) is 4.74 Å². The van der Waals surface area contributed by atoms with Gasteiger partial charge < -0.3 is 4.74 Å². The Morgan fingerprint density at radius 3 is 3.06 bits per heavy atom. The summed E-state index contributed by atoms with van der Waals surface area (Å²) in [5.74, 6) is 0. The molecule has 1 aliphatic heterocycles. The van der Waals surface area contributed by atoms with E-state index in [-0.39, 0.29) is 11.8 Å². The molecule has 1 fully saturated rings. The second kappa shape index (κ2) is 3.72. The van der Waals surface area contributed by atoms with E-state index >= 15 is 0 Å². The second-order valence-electron chi connectivity index (χ2n) is 3.94. The summed E-state index contributed by atoms with van der Waals surface area (Å²) in [6.07, 6.45) is 3.34. The zero-order valence-electron chi connectivity index (χ0n) is 8.80. The summed E-state index contributed by atoms with van der Waals surface area (Å²) in [4.78, 5) is 16.4. The van der Waals surface area contributed by atoms with E-state index < -0.39 is 0 Å². The third-order valence-electron chi connectivity index (χ3n) is 2.91. The van der Waals surface area contributed by atoms with Crippen LogP contribution in [0.3, 0.4) is 0 Å². The first-order valence-electron chi connectivity index (χ1n) is 5.44. The van der Waals surface area contributed by atoms with Crippen LogP contribution in [0.1, 0.15) is 19.1 Å². The van der Waals surface area contributed by atoms with Crippen LogP contribution in [0.2, 0.25) is 0 Å². The molecule has 2 heterocycles. The number of aromatic nitrogens is 2. The third kappa shape index (κ3) is 1.42. The molecule has 1 unspecified atom stereocenters. The fourth-order valence-electron chi connectivity index (χ4n) is 2.07. The van der Waals surface area contributed by atoms with Crippen LogP contribution in [0.15, 0.2) is 35.4 Å². The van der Waals surface area contributed by atoms with Gasteiger partial charge in [-0.25, -0.2) is 4.98 Å². The van der Waals surface area contributed by atoms with Gasteiger partial charge in [-0.05, 0) is 25.0 Å². The minimum Gasteiger partial charge on any atom is -0.358 e. The van der Waals surface area contributed by atoms with Crippen LogP contribution in [0, 0.1) is 0 Å². The maximum atomic E-state index is 12.2. The van der Waals surface area contributed by atoms with Crippen molar-refractivity contribution in [2.75, 3.05) is 6.61 Å². The van der Waals surface area contributed by atoms with E-state index in [2.05, 4.69) is 4.98 Å². The summed E-state index contributed by atoms with van der Waals surface area (Å²) in [5, 5.41) is 0.653. The molecule has 16 heavy (non-hydrogen) atoms. The van der Waals surface area contributed by atoms with Gasteiger partial charge in [-0.3, -0.25) is 9.36 Å². The first kappa shape index (κ1) is 9.54. The molecule has 4 nitrogen and oxygen atoms in total. The maximum Gasteiger partial charge on any atom is 0.263 e. The van der Waals surface area contributed by atoms with E-state index in [9.17, 15) is 4.79 Å². The fourth-order valence-corrected chi connectivity index (χ4v) is 2.07. The highest BCUT2D eigenvalue weighted by Crippen LogP contribution is 2.21. The lowest BCUT2D eigenvalue weighted by Crippen LogP contribution is -2.24. The Balaban J connectivity index is 2.19. The van der Waals surface area contributed by atoms with Gasteiger partial charge in [0.15, 0.2) is 0 Å². The lowest BCUT2D eigenvalue weighted by molar-refractivity contribution is 0.0534. The first-order chi connectivity index (χ1) is 7.86.